The molecule has 2 amide bonds. The lowest BCUT2D eigenvalue weighted by atomic mass is 10.2. The lowest BCUT2D eigenvalue weighted by molar-refractivity contribution is -0.0588. The third kappa shape index (κ3) is 4.52. The number of carbonyl (C=O) groups is 2. The second-order valence-corrected chi connectivity index (χ2v) is 12.0. The zero-order valence-corrected chi connectivity index (χ0v) is 25.0. The average Bonchev–Trinajstić information content (AvgIpc) is 3.87. The van der Waals surface area contributed by atoms with Crippen LogP contribution < -0.4 is 5.32 Å². The highest BCUT2D eigenvalue weighted by atomic mass is 16.5. The number of pyridine rings is 1. The largest absolute Gasteiger partial charge is 0.372 e. The normalized spacial score (nSPS) is 20.9. The van der Waals surface area contributed by atoms with E-state index in [4.69, 9.17) is 14.8 Å². The Morgan fingerprint density at radius 1 is 1.02 bits per heavy atom. The van der Waals surface area contributed by atoms with Gasteiger partial charge < -0.3 is 29.0 Å². The number of carbonyl (C=O) groups excluding carboxylic acids is 2. The van der Waals surface area contributed by atoms with Crippen LogP contribution in [0.1, 0.15) is 74.4 Å². The molecule has 222 valence electrons. The van der Waals surface area contributed by atoms with Gasteiger partial charge in [-0.3, -0.25) is 14.3 Å². The molecule has 0 aromatic carbocycles. The molecular weight excluding hydrogens is 534 g/mol. The first-order valence-electron chi connectivity index (χ1n) is 15.2. The van der Waals surface area contributed by atoms with E-state index in [0.29, 0.717) is 66.8 Å². The van der Waals surface area contributed by atoms with Crippen molar-refractivity contribution in [2.24, 2.45) is 7.05 Å². The molecule has 5 heterocycles. The van der Waals surface area contributed by atoms with Gasteiger partial charge in [-0.15, -0.1) is 0 Å². The summed E-state index contributed by atoms with van der Waals surface area (Å²) in [7, 11) is 1.96. The van der Waals surface area contributed by atoms with E-state index < -0.39 is 0 Å². The van der Waals surface area contributed by atoms with Crippen molar-refractivity contribution in [3.8, 4) is 0 Å². The van der Waals surface area contributed by atoms with Crippen LogP contribution in [0.25, 0.3) is 22.1 Å². The summed E-state index contributed by atoms with van der Waals surface area (Å²) in [6, 6.07) is 4.51. The standard InChI is InChI=1S/C30H39N9O3/c1-6-37-22(30(41)39(19-8-9-19)20-10-11-20)12-21-26-25(31-16-35(26)5)27(33-28(21)37)32-24-13-23(38(7-2)34-24)29(40)36-14-17(3)42-18(4)15-36/h12-13,16-20H,6-11,14-15H2,1-5H3,(H,32,33,34). The topological polar surface area (TPSA) is 115 Å². The summed E-state index contributed by atoms with van der Waals surface area (Å²) in [6.07, 6.45) is 6.08. The summed E-state index contributed by atoms with van der Waals surface area (Å²) in [6.45, 7) is 10.2. The number of aryl methyl sites for hydroxylation is 3. The molecule has 4 aromatic rings. The molecule has 1 aliphatic heterocycles. The number of amides is 2. The van der Waals surface area contributed by atoms with Crippen molar-refractivity contribution < 1.29 is 14.3 Å². The Morgan fingerprint density at radius 3 is 2.33 bits per heavy atom. The molecule has 1 N–H and O–H groups in total. The third-order valence-corrected chi connectivity index (χ3v) is 8.60. The number of imidazole rings is 1. The van der Waals surface area contributed by atoms with E-state index in [1.54, 1.807) is 17.1 Å². The molecule has 2 aliphatic carbocycles. The summed E-state index contributed by atoms with van der Waals surface area (Å²) in [5.74, 6) is 1.10. The fourth-order valence-electron chi connectivity index (χ4n) is 6.48. The third-order valence-electron chi connectivity index (χ3n) is 8.60. The predicted octanol–water partition coefficient (Wildman–Crippen LogP) is 3.92. The zero-order valence-electron chi connectivity index (χ0n) is 25.0. The Bertz CT molecular complexity index is 1670. The van der Waals surface area contributed by atoms with Crippen LogP contribution in [0.15, 0.2) is 18.5 Å². The number of fused-ring (bicyclic) bond motifs is 3. The van der Waals surface area contributed by atoms with Gasteiger partial charge in [0.2, 0.25) is 0 Å². The molecule has 2 unspecified atom stereocenters. The fourth-order valence-corrected chi connectivity index (χ4v) is 6.48. The Balaban J connectivity index is 1.27. The lowest BCUT2D eigenvalue weighted by Gasteiger charge is -2.35. The molecule has 4 aromatic heterocycles. The molecule has 2 saturated carbocycles. The first kappa shape index (κ1) is 26.9. The van der Waals surface area contributed by atoms with E-state index in [0.717, 1.165) is 42.2 Å². The van der Waals surface area contributed by atoms with Crippen LogP contribution in [0.3, 0.4) is 0 Å². The van der Waals surface area contributed by atoms with Crippen LogP contribution in [-0.2, 0) is 24.9 Å². The van der Waals surface area contributed by atoms with E-state index in [-0.39, 0.29) is 24.0 Å². The van der Waals surface area contributed by atoms with Crippen LogP contribution in [-0.4, -0.2) is 87.9 Å². The van der Waals surface area contributed by atoms with Gasteiger partial charge in [-0.25, -0.2) is 9.97 Å². The van der Waals surface area contributed by atoms with Crippen LogP contribution in [0.5, 0.6) is 0 Å². The molecule has 1 saturated heterocycles. The summed E-state index contributed by atoms with van der Waals surface area (Å²) >= 11 is 0. The van der Waals surface area contributed by atoms with Gasteiger partial charge in [-0.05, 0) is 59.4 Å². The second kappa shape index (κ2) is 10.1. The van der Waals surface area contributed by atoms with Gasteiger partial charge in [0, 0.05) is 56.8 Å². The Morgan fingerprint density at radius 2 is 1.71 bits per heavy atom. The van der Waals surface area contributed by atoms with Crippen LogP contribution >= 0.6 is 0 Å². The molecule has 3 fully saturated rings. The average molecular weight is 574 g/mol. The molecule has 0 radical (unpaired) electrons. The number of nitrogens with zero attached hydrogens (tertiary/aromatic N) is 8. The van der Waals surface area contributed by atoms with Crippen LogP contribution in [0.4, 0.5) is 11.6 Å². The molecule has 7 rings (SSSR count). The quantitative estimate of drug-likeness (QED) is 0.340. The number of aromatic nitrogens is 6. The highest BCUT2D eigenvalue weighted by Crippen LogP contribution is 2.39. The number of rotatable bonds is 8. The van der Waals surface area contributed by atoms with Gasteiger partial charge in [0.25, 0.3) is 11.8 Å². The van der Waals surface area contributed by atoms with Crippen molar-refractivity contribution in [2.75, 3.05) is 18.4 Å². The van der Waals surface area contributed by atoms with Crippen molar-refractivity contribution in [1.82, 2.24) is 38.7 Å². The van der Waals surface area contributed by atoms with E-state index in [9.17, 15) is 9.59 Å². The number of nitrogens with one attached hydrogen (secondary N) is 1. The summed E-state index contributed by atoms with van der Waals surface area (Å²) < 4.78 is 11.5. The van der Waals surface area contributed by atoms with Gasteiger partial charge in [-0.2, -0.15) is 5.10 Å². The van der Waals surface area contributed by atoms with E-state index in [1.165, 1.54) is 0 Å². The SMILES string of the molecule is CCn1nc(Nc2nc3c(cc(C(=O)N(C4CC4)C4CC4)n3CC)c3c2ncn3C)cc1C(=O)N1CC(C)OC(C)C1. The minimum atomic E-state index is -0.0651. The molecule has 0 spiro atoms. The number of anilines is 2. The van der Waals surface area contributed by atoms with E-state index in [2.05, 4.69) is 15.2 Å². The second-order valence-electron chi connectivity index (χ2n) is 12.0. The van der Waals surface area contributed by atoms with Gasteiger partial charge in [-0.1, -0.05) is 0 Å². The monoisotopic (exact) mass is 573 g/mol. The highest BCUT2D eigenvalue weighted by molar-refractivity contribution is 6.10. The van der Waals surface area contributed by atoms with Crippen molar-refractivity contribution in [3.05, 3.63) is 29.8 Å². The van der Waals surface area contributed by atoms with Gasteiger partial charge in [0.15, 0.2) is 11.6 Å². The maximum atomic E-state index is 13.9. The lowest BCUT2D eigenvalue weighted by Crippen LogP contribution is -2.48. The predicted molar refractivity (Wildman–Crippen MR) is 159 cm³/mol. The number of hydrogen-bond donors (Lipinski definition) is 1. The first-order chi connectivity index (χ1) is 20.3. The Labute approximate surface area is 244 Å². The summed E-state index contributed by atoms with van der Waals surface area (Å²) in [5, 5.41) is 8.98. The van der Waals surface area contributed by atoms with Gasteiger partial charge in [0.05, 0.1) is 24.1 Å². The van der Waals surface area contributed by atoms with Gasteiger partial charge >= 0.3 is 0 Å². The van der Waals surface area contributed by atoms with Crippen molar-refractivity contribution in [2.45, 2.75) is 90.8 Å². The van der Waals surface area contributed by atoms with Crippen LogP contribution in [0.2, 0.25) is 0 Å². The molecule has 0 bridgehead atoms. The summed E-state index contributed by atoms with van der Waals surface area (Å²) in [4.78, 5) is 41.1. The van der Waals surface area contributed by atoms with Crippen LogP contribution in [0, 0.1) is 0 Å². The maximum Gasteiger partial charge on any atom is 0.272 e. The minimum Gasteiger partial charge on any atom is -0.372 e. The first-order valence-corrected chi connectivity index (χ1v) is 15.2. The summed E-state index contributed by atoms with van der Waals surface area (Å²) in [5.41, 5.74) is 3.51. The van der Waals surface area contributed by atoms with Crippen molar-refractivity contribution in [3.63, 3.8) is 0 Å². The maximum absolute atomic E-state index is 13.9. The highest BCUT2D eigenvalue weighted by Gasteiger charge is 2.43. The number of morpholine rings is 1. The molecule has 3 aliphatic rings. The molecule has 12 heteroatoms. The number of hydrogen-bond acceptors (Lipinski definition) is 7. The smallest absolute Gasteiger partial charge is 0.272 e. The molecule has 2 atom stereocenters. The zero-order chi connectivity index (χ0) is 29.3. The van der Waals surface area contributed by atoms with E-state index in [1.807, 2.05) is 54.8 Å². The molecular formula is C30H39N9O3. The van der Waals surface area contributed by atoms with Gasteiger partial charge in [0.1, 0.15) is 22.6 Å². The fraction of sp³-hybridized carbons (Fsp3) is 0.567. The molecule has 42 heavy (non-hydrogen) atoms. The minimum absolute atomic E-state index is 0.0196. The number of ether oxygens (including phenoxy) is 1. The Kier molecular flexibility index (Phi) is 6.48. The van der Waals surface area contributed by atoms with Crippen molar-refractivity contribution >= 4 is 45.5 Å². The van der Waals surface area contributed by atoms with E-state index >= 15 is 0 Å². The molecule has 12 nitrogen and oxygen atoms in total. The Hall–Kier alpha value is -3.93. The van der Waals surface area contributed by atoms with Crippen molar-refractivity contribution in [1.29, 1.82) is 0 Å².